The molecule has 4 nitrogen and oxygen atoms in total. The topological polar surface area (TPSA) is 42.4 Å². The largest absolute Gasteiger partial charge is 0.376 e. The Balaban J connectivity index is 2.00. The van der Waals surface area contributed by atoms with Crippen LogP contribution >= 0.6 is 0 Å². The molecule has 1 unspecified atom stereocenters. The van der Waals surface area contributed by atoms with E-state index in [1.807, 2.05) is 12.1 Å². The summed E-state index contributed by atoms with van der Waals surface area (Å²) in [7, 11) is 0. The lowest BCUT2D eigenvalue weighted by atomic mass is 10.2. The highest BCUT2D eigenvalue weighted by molar-refractivity contribution is 5.87. The Labute approximate surface area is 107 Å². The van der Waals surface area contributed by atoms with Crippen molar-refractivity contribution >= 4 is 5.91 Å². The molecule has 0 radical (unpaired) electrons. The summed E-state index contributed by atoms with van der Waals surface area (Å²) in [5.41, 5.74) is 1.02. The van der Waals surface area contributed by atoms with Crippen LogP contribution in [-0.4, -0.2) is 35.0 Å². The molecular formula is C14H18N2O2. The standard InChI is InChI=1S/C14H18N2O2/c1-2-14(17)16(11-13-6-4-8-18-13)10-12-5-3-7-15-9-12/h2-3,5,7,9,13H,1,4,6,8,10-11H2. The summed E-state index contributed by atoms with van der Waals surface area (Å²) < 4.78 is 5.57. The van der Waals surface area contributed by atoms with Crippen LogP contribution in [0.3, 0.4) is 0 Å². The van der Waals surface area contributed by atoms with Crippen molar-refractivity contribution in [2.45, 2.75) is 25.5 Å². The minimum atomic E-state index is -0.0608. The molecule has 2 heterocycles. The van der Waals surface area contributed by atoms with Crippen LogP contribution in [-0.2, 0) is 16.1 Å². The van der Waals surface area contributed by atoms with Crippen LogP contribution in [0, 0.1) is 0 Å². The maximum Gasteiger partial charge on any atom is 0.246 e. The van der Waals surface area contributed by atoms with Gasteiger partial charge in [-0.25, -0.2) is 0 Å². The van der Waals surface area contributed by atoms with Crippen LogP contribution < -0.4 is 0 Å². The number of carbonyl (C=O) groups is 1. The van der Waals surface area contributed by atoms with Gasteiger partial charge in [0.1, 0.15) is 0 Å². The highest BCUT2D eigenvalue weighted by Gasteiger charge is 2.21. The van der Waals surface area contributed by atoms with Crippen molar-refractivity contribution in [1.29, 1.82) is 0 Å². The van der Waals surface area contributed by atoms with Crippen LogP contribution in [0.5, 0.6) is 0 Å². The average molecular weight is 246 g/mol. The molecule has 1 fully saturated rings. The highest BCUT2D eigenvalue weighted by atomic mass is 16.5. The van der Waals surface area contributed by atoms with E-state index in [1.165, 1.54) is 6.08 Å². The number of hydrogen-bond acceptors (Lipinski definition) is 3. The Bertz CT molecular complexity index is 400. The van der Waals surface area contributed by atoms with E-state index in [2.05, 4.69) is 11.6 Å². The minimum Gasteiger partial charge on any atom is -0.376 e. The molecule has 4 heteroatoms. The number of ether oxygens (including phenoxy) is 1. The lowest BCUT2D eigenvalue weighted by molar-refractivity contribution is -0.128. The Morgan fingerprint density at radius 1 is 1.67 bits per heavy atom. The number of rotatable bonds is 5. The molecule has 18 heavy (non-hydrogen) atoms. The first-order chi connectivity index (χ1) is 8.79. The van der Waals surface area contributed by atoms with E-state index in [9.17, 15) is 4.79 Å². The molecule has 0 aromatic carbocycles. The van der Waals surface area contributed by atoms with Gasteiger partial charge in [-0.3, -0.25) is 9.78 Å². The average Bonchev–Trinajstić information content (AvgIpc) is 2.91. The molecule has 1 aliphatic rings. The minimum absolute atomic E-state index is 0.0608. The number of amides is 1. The molecule has 0 N–H and O–H groups in total. The van der Waals surface area contributed by atoms with Crippen molar-refractivity contribution in [3.8, 4) is 0 Å². The van der Waals surface area contributed by atoms with Gasteiger partial charge in [-0.15, -0.1) is 0 Å². The van der Waals surface area contributed by atoms with Gasteiger partial charge in [-0.05, 0) is 30.5 Å². The van der Waals surface area contributed by atoms with Crippen molar-refractivity contribution in [2.24, 2.45) is 0 Å². The maximum absolute atomic E-state index is 11.8. The monoisotopic (exact) mass is 246 g/mol. The molecular weight excluding hydrogens is 228 g/mol. The third kappa shape index (κ3) is 3.40. The summed E-state index contributed by atoms with van der Waals surface area (Å²) in [6.45, 7) is 5.53. The maximum atomic E-state index is 11.8. The van der Waals surface area contributed by atoms with E-state index in [4.69, 9.17) is 4.74 Å². The second-order valence-electron chi connectivity index (χ2n) is 4.42. The van der Waals surface area contributed by atoms with E-state index in [1.54, 1.807) is 17.3 Å². The Morgan fingerprint density at radius 2 is 2.56 bits per heavy atom. The number of nitrogens with zero attached hydrogens (tertiary/aromatic N) is 2. The fraction of sp³-hybridized carbons (Fsp3) is 0.429. The molecule has 1 aromatic rings. The lowest BCUT2D eigenvalue weighted by Crippen LogP contribution is -2.35. The molecule has 2 rings (SSSR count). The quantitative estimate of drug-likeness (QED) is 0.744. The van der Waals surface area contributed by atoms with Crippen molar-refractivity contribution in [2.75, 3.05) is 13.2 Å². The predicted molar refractivity (Wildman–Crippen MR) is 68.8 cm³/mol. The van der Waals surface area contributed by atoms with Gasteiger partial charge < -0.3 is 9.64 Å². The molecule has 1 aliphatic heterocycles. The number of carbonyl (C=O) groups excluding carboxylic acids is 1. The summed E-state index contributed by atoms with van der Waals surface area (Å²) in [6, 6.07) is 3.84. The van der Waals surface area contributed by atoms with Gasteiger partial charge in [0.2, 0.25) is 5.91 Å². The van der Waals surface area contributed by atoms with Gasteiger partial charge in [0.05, 0.1) is 6.10 Å². The predicted octanol–water partition coefficient (Wildman–Crippen LogP) is 1.78. The van der Waals surface area contributed by atoms with Crippen LogP contribution in [0.4, 0.5) is 0 Å². The van der Waals surface area contributed by atoms with Gasteiger partial charge in [0.25, 0.3) is 0 Å². The molecule has 1 amide bonds. The summed E-state index contributed by atoms with van der Waals surface area (Å²) in [5.74, 6) is -0.0608. The first-order valence-corrected chi connectivity index (χ1v) is 6.21. The smallest absolute Gasteiger partial charge is 0.246 e. The van der Waals surface area contributed by atoms with Crippen LogP contribution in [0.25, 0.3) is 0 Å². The number of pyridine rings is 1. The molecule has 1 aromatic heterocycles. The molecule has 0 saturated carbocycles. The van der Waals surface area contributed by atoms with Gasteiger partial charge in [0.15, 0.2) is 0 Å². The van der Waals surface area contributed by atoms with Crippen molar-refractivity contribution in [3.05, 3.63) is 42.7 Å². The highest BCUT2D eigenvalue weighted by Crippen LogP contribution is 2.15. The summed E-state index contributed by atoms with van der Waals surface area (Å²) in [6.07, 6.45) is 7.11. The second-order valence-corrected chi connectivity index (χ2v) is 4.42. The third-order valence-corrected chi connectivity index (χ3v) is 3.03. The summed E-state index contributed by atoms with van der Waals surface area (Å²) in [5, 5.41) is 0. The van der Waals surface area contributed by atoms with Gasteiger partial charge >= 0.3 is 0 Å². The van der Waals surface area contributed by atoms with Crippen LogP contribution in [0.2, 0.25) is 0 Å². The number of hydrogen-bond donors (Lipinski definition) is 0. The fourth-order valence-electron chi connectivity index (χ4n) is 2.11. The SMILES string of the molecule is C=CC(=O)N(Cc1cccnc1)CC1CCCO1. The molecule has 0 bridgehead atoms. The summed E-state index contributed by atoms with van der Waals surface area (Å²) >= 11 is 0. The van der Waals surface area contributed by atoms with E-state index < -0.39 is 0 Å². The molecule has 0 aliphatic carbocycles. The Kier molecular flexibility index (Phi) is 4.47. The Morgan fingerprint density at radius 3 is 3.17 bits per heavy atom. The van der Waals surface area contributed by atoms with Crippen molar-refractivity contribution in [3.63, 3.8) is 0 Å². The van der Waals surface area contributed by atoms with E-state index in [0.29, 0.717) is 13.1 Å². The van der Waals surface area contributed by atoms with Gasteiger partial charge in [-0.2, -0.15) is 0 Å². The second kappa shape index (κ2) is 6.31. The zero-order valence-electron chi connectivity index (χ0n) is 10.4. The van der Waals surface area contributed by atoms with E-state index in [0.717, 1.165) is 25.0 Å². The van der Waals surface area contributed by atoms with Crippen molar-refractivity contribution in [1.82, 2.24) is 9.88 Å². The van der Waals surface area contributed by atoms with Crippen molar-refractivity contribution < 1.29 is 9.53 Å². The lowest BCUT2D eigenvalue weighted by Gasteiger charge is -2.24. The molecule has 1 atom stereocenters. The summed E-state index contributed by atoms with van der Waals surface area (Å²) in [4.78, 5) is 17.7. The zero-order valence-corrected chi connectivity index (χ0v) is 10.4. The van der Waals surface area contributed by atoms with E-state index >= 15 is 0 Å². The molecule has 1 saturated heterocycles. The van der Waals surface area contributed by atoms with Crippen LogP contribution in [0.15, 0.2) is 37.2 Å². The molecule has 96 valence electrons. The van der Waals surface area contributed by atoms with Gasteiger partial charge in [0, 0.05) is 32.1 Å². The first kappa shape index (κ1) is 12.8. The number of aromatic nitrogens is 1. The zero-order chi connectivity index (χ0) is 12.8. The van der Waals surface area contributed by atoms with E-state index in [-0.39, 0.29) is 12.0 Å². The molecule has 0 spiro atoms. The Hall–Kier alpha value is -1.68. The van der Waals surface area contributed by atoms with Crippen LogP contribution in [0.1, 0.15) is 18.4 Å². The third-order valence-electron chi connectivity index (χ3n) is 3.03. The normalized spacial score (nSPS) is 18.6. The van der Waals surface area contributed by atoms with Gasteiger partial charge in [-0.1, -0.05) is 12.6 Å². The first-order valence-electron chi connectivity index (χ1n) is 6.21. The fourth-order valence-corrected chi connectivity index (χ4v) is 2.11.